The molecule has 0 aliphatic carbocycles. The fourth-order valence-electron chi connectivity index (χ4n) is 7.79. The number of benzene rings is 8. The van der Waals surface area contributed by atoms with Gasteiger partial charge in [0.25, 0.3) is 0 Å². The fraction of sp³-hybridized carbons (Fsp3) is 0. The zero-order chi connectivity index (χ0) is 33.7. The Balaban J connectivity index is 1.24. The third-order valence-electron chi connectivity index (χ3n) is 9.99. The number of para-hydroxylation sites is 5. The molecule has 2 aromatic heterocycles. The minimum absolute atomic E-state index is 0.863. The maximum Gasteiger partial charge on any atom is 0.137 e. The van der Waals surface area contributed by atoms with Crippen LogP contribution in [0, 0.1) is 0 Å². The van der Waals surface area contributed by atoms with Gasteiger partial charge >= 0.3 is 0 Å². The molecule has 0 bridgehead atoms. The number of rotatable bonds is 6. The van der Waals surface area contributed by atoms with E-state index < -0.39 is 0 Å². The molecule has 0 saturated carbocycles. The van der Waals surface area contributed by atoms with Gasteiger partial charge in [-0.15, -0.1) is 0 Å². The molecule has 3 heteroatoms. The lowest BCUT2D eigenvalue weighted by Crippen LogP contribution is -2.13. The van der Waals surface area contributed by atoms with Gasteiger partial charge in [-0.2, -0.15) is 0 Å². The highest BCUT2D eigenvalue weighted by atomic mass is 16.3. The average Bonchev–Trinajstić information content (AvgIpc) is 3.75. The van der Waals surface area contributed by atoms with Crippen molar-refractivity contribution in [3.8, 4) is 27.9 Å². The lowest BCUT2D eigenvalue weighted by atomic mass is 9.97. The summed E-state index contributed by atoms with van der Waals surface area (Å²) < 4.78 is 8.83. The first kappa shape index (κ1) is 29.1. The van der Waals surface area contributed by atoms with Crippen LogP contribution in [0.4, 0.5) is 17.1 Å². The Hall–Kier alpha value is -6.84. The predicted octanol–water partition coefficient (Wildman–Crippen LogP) is 13.5. The normalized spacial score (nSPS) is 11.5. The lowest BCUT2D eigenvalue weighted by Gasteiger charge is -2.30. The van der Waals surface area contributed by atoms with Crippen LogP contribution in [0.5, 0.6) is 0 Å². The Morgan fingerprint density at radius 1 is 0.373 bits per heavy atom. The summed E-state index contributed by atoms with van der Waals surface area (Å²) >= 11 is 0. The van der Waals surface area contributed by atoms with Crippen molar-refractivity contribution in [3.05, 3.63) is 194 Å². The first-order chi connectivity index (χ1) is 25.3. The Kier molecular flexibility index (Phi) is 6.81. The molecule has 0 N–H and O–H groups in total. The second-order valence-electron chi connectivity index (χ2n) is 12.9. The van der Waals surface area contributed by atoms with Crippen molar-refractivity contribution in [1.29, 1.82) is 0 Å². The average molecular weight is 653 g/mol. The van der Waals surface area contributed by atoms with Gasteiger partial charge in [0.05, 0.1) is 33.5 Å². The molecular formula is C48H32N2O. The first-order valence-electron chi connectivity index (χ1n) is 17.4. The van der Waals surface area contributed by atoms with E-state index in [9.17, 15) is 0 Å². The van der Waals surface area contributed by atoms with E-state index in [4.69, 9.17) is 4.42 Å². The van der Waals surface area contributed by atoms with Crippen LogP contribution < -0.4 is 4.90 Å². The molecular weight excluding hydrogens is 621 g/mol. The van der Waals surface area contributed by atoms with Crippen molar-refractivity contribution in [2.24, 2.45) is 0 Å². The second kappa shape index (κ2) is 11.9. The molecule has 10 rings (SSSR count). The standard InChI is InChI=1S/C48H32N2O/c1-2-16-33(17-3-1)36-20-4-9-25-41(36)50(45-29-15-31-47-48(45)40-24-8-13-30-46(40)51-47)42-26-10-5-21-37(42)34-18-14-19-35(32-34)49-43-27-11-6-22-38(43)39-23-7-12-28-44(39)49/h1-32H. The van der Waals surface area contributed by atoms with E-state index in [2.05, 4.69) is 198 Å². The maximum atomic E-state index is 6.44. The summed E-state index contributed by atoms with van der Waals surface area (Å²) in [5.74, 6) is 0. The van der Waals surface area contributed by atoms with Gasteiger partial charge in [0.2, 0.25) is 0 Å². The highest BCUT2D eigenvalue weighted by molar-refractivity contribution is 6.14. The van der Waals surface area contributed by atoms with Gasteiger partial charge in [0.1, 0.15) is 11.2 Å². The Bertz CT molecular complexity index is 2830. The second-order valence-corrected chi connectivity index (χ2v) is 12.9. The molecule has 0 atom stereocenters. The molecule has 0 radical (unpaired) electrons. The van der Waals surface area contributed by atoms with E-state index in [1.165, 1.54) is 21.8 Å². The van der Waals surface area contributed by atoms with Gasteiger partial charge in [-0.3, -0.25) is 0 Å². The van der Waals surface area contributed by atoms with Gasteiger partial charge < -0.3 is 13.9 Å². The third kappa shape index (κ3) is 4.74. The van der Waals surface area contributed by atoms with Crippen LogP contribution in [0.3, 0.4) is 0 Å². The first-order valence-corrected chi connectivity index (χ1v) is 17.4. The molecule has 0 aliphatic heterocycles. The van der Waals surface area contributed by atoms with Crippen LogP contribution in [0.1, 0.15) is 0 Å². The van der Waals surface area contributed by atoms with E-state index in [0.717, 1.165) is 66.9 Å². The number of hydrogen-bond donors (Lipinski definition) is 0. The monoisotopic (exact) mass is 652 g/mol. The summed E-state index contributed by atoms with van der Waals surface area (Å²) in [6.45, 7) is 0. The van der Waals surface area contributed by atoms with Gasteiger partial charge in [-0.1, -0.05) is 140 Å². The van der Waals surface area contributed by atoms with Crippen LogP contribution in [0.15, 0.2) is 199 Å². The molecule has 10 aromatic rings. The van der Waals surface area contributed by atoms with E-state index in [1.807, 2.05) is 6.07 Å². The summed E-state index contributed by atoms with van der Waals surface area (Å²) in [6.07, 6.45) is 0. The molecule has 8 aromatic carbocycles. The van der Waals surface area contributed by atoms with Gasteiger partial charge in [-0.05, 0) is 65.7 Å². The number of aromatic nitrogens is 1. The van der Waals surface area contributed by atoms with Crippen molar-refractivity contribution in [2.75, 3.05) is 4.90 Å². The minimum atomic E-state index is 0.863. The molecule has 0 saturated heterocycles. The summed E-state index contributed by atoms with van der Waals surface area (Å²) in [5, 5.41) is 4.69. The third-order valence-corrected chi connectivity index (χ3v) is 9.99. The smallest absolute Gasteiger partial charge is 0.137 e. The van der Waals surface area contributed by atoms with Gasteiger partial charge in [0.15, 0.2) is 0 Å². The van der Waals surface area contributed by atoms with Crippen molar-refractivity contribution in [1.82, 2.24) is 4.57 Å². The van der Waals surface area contributed by atoms with E-state index in [-0.39, 0.29) is 0 Å². The minimum Gasteiger partial charge on any atom is -0.456 e. The molecule has 0 amide bonds. The van der Waals surface area contributed by atoms with Crippen LogP contribution in [0.2, 0.25) is 0 Å². The molecule has 0 unspecified atom stereocenters. The Labute approximate surface area is 295 Å². The van der Waals surface area contributed by atoms with E-state index in [0.29, 0.717) is 0 Å². The zero-order valence-corrected chi connectivity index (χ0v) is 27.8. The van der Waals surface area contributed by atoms with Crippen LogP contribution in [-0.4, -0.2) is 4.57 Å². The zero-order valence-electron chi connectivity index (χ0n) is 27.8. The van der Waals surface area contributed by atoms with Crippen molar-refractivity contribution < 1.29 is 4.42 Å². The fourth-order valence-corrected chi connectivity index (χ4v) is 7.79. The maximum absolute atomic E-state index is 6.44. The molecule has 0 spiro atoms. The highest BCUT2D eigenvalue weighted by Crippen LogP contribution is 2.48. The molecule has 240 valence electrons. The summed E-state index contributed by atoms with van der Waals surface area (Å²) in [7, 11) is 0. The topological polar surface area (TPSA) is 21.3 Å². The number of nitrogens with zero attached hydrogens (tertiary/aromatic N) is 2. The summed E-state index contributed by atoms with van der Waals surface area (Å²) in [4.78, 5) is 2.43. The predicted molar refractivity (Wildman–Crippen MR) is 214 cm³/mol. The molecule has 2 heterocycles. The van der Waals surface area contributed by atoms with Crippen molar-refractivity contribution in [3.63, 3.8) is 0 Å². The van der Waals surface area contributed by atoms with E-state index in [1.54, 1.807) is 0 Å². The summed E-state index contributed by atoms with van der Waals surface area (Å²) in [5.41, 5.74) is 13.1. The van der Waals surface area contributed by atoms with Crippen LogP contribution >= 0.6 is 0 Å². The van der Waals surface area contributed by atoms with Crippen LogP contribution in [-0.2, 0) is 0 Å². The lowest BCUT2D eigenvalue weighted by molar-refractivity contribution is 0.669. The molecule has 51 heavy (non-hydrogen) atoms. The van der Waals surface area contributed by atoms with E-state index >= 15 is 0 Å². The van der Waals surface area contributed by atoms with Crippen LogP contribution in [0.25, 0.3) is 71.7 Å². The van der Waals surface area contributed by atoms with Gasteiger partial charge in [-0.25, -0.2) is 0 Å². The molecule has 3 nitrogen and oxygen atoms in total. The summed E-state index contributed by atoms with van der Waals surface area (Å²) in [6, 6.07) is 69.2. The van der Waals surface area contributed by atoms with Gasteiger partial charge in [0, 0.05) is 33.0 Å². The Morgan fingerprint density at radius 3 is 1.61 bits per heavy atom. The largest absolute Gasteiger partial charge is 0.456 e. The number of anilines is 3. The Morgan fingerprint density at radius 2 is 0.882 bits per heavy atom. The van der Waals surface area contributed by atoms with Crippen molar-refractivity contribution in [2.45, 2.75) is 0 Å². The quantitative estimate of drug-likeness (QED) is 0.178. The van der Waals surface area contributed by atoms with Crippen molar-refractivity contribution >= 4 is 60.8 Å². The number of furan rings is 1. The SMILES string of the molecule is c1ccc(-c2ccccc2N(c2ccccc2-c2cccc(-n3c4ccccc4c4ccccc43)c2)c2cccc3oc4ccccc4c23)cc1. The highest BCUT2D eigenvalue weighted by Gasteiger charge is 2.24. The number of hydrogen-bond acceptors (Lipinski definition) is 2. The number of fused-ring (bicyclic) bond motifs is 6. The molecule has 0 fully saturated rings. The molecule has 0 aliphatic rings.